The second-order valence-corrected chi connectivity index (χ2v) is 10.00. The molecular weight excluding hydrogens is 380 g/mol. The molecule has 4 heterocycles. The van der Waals surface area contributed by atoms with Crippen LogP contribution in [0.15, 0.2) is 17.4 Å². The van der Waals surface area contributed by atoms with Crippen molar-refractivity contribution in [3.8, 4) is 0 Å². The van der Waals surface area contributed by atoms with Crippen molar-refractivity contribution in [2.75, 3.05) is 18.8 Å². The number of aromatic nitrogens is 2. The van der Waals surface area contributed by atoms with Crippen molar-refractivity contribution >= 4 is 35.9 Å². The first-order valence-corrected chi connectivity index (χ1v) is 10.4. The standard InChI is InChI=1S/C18H26N6O3S/c1-18(2)13(16(26)27)24-14(25)12(15(24)28-18)21-10-22-6-3-11(4-7-22)9-23-8-5-20-17(23)19/h5,8,10-13,15H,3-4,6-7,9H2,1-2H3,(H2,19,20)(H,26,27)/t12-,13+,15-/m1/s1. The van der Waals surface area contributed by atoms with E-state index >= 15 is 0 Å². The molecule has 0 radical (unpaired) electrons. The Hall–Kier alpha value is -2.23. The molecule has 0 saturated carbocycles. The highest BCUT2D eigenvalue weighted by Crippen LogP contribution is 2.51. The fraction of sp³-hybridized carbons (Fsp3) is 0.667. The smallest absolute Gasteiger partial charge is 0.327 e. The fourth-order valence-electron chi connectivity index (χ4n) is 4.32. The summed E-state index contributed by atoms with van der Waals surface area (Å²) in [5.74, 6) is -0.0354. The van der Waals surface area contributed by atoms with Gasteiger partial charge in [0, 0.05) is 36.8 Å². The molecule has 1 aromatic rings. The van der Waals surface area contributed by atoms with Gasteiger partial charge in [0.15, 0.2) is 12.0 Å². The van der Waals surface area contributed by atoms with Gasteiger partial charge in [-0.3, -0.25) is 9.79 Å². The fourth-order valence-corrected chi connectivity index (χ4v) is 5.94. The molecule has 0 bridgehead atoms. The molecule has 1 aromatic heterocycles. The number of β-lactam (4-membered cyclic amide) rings is 1. The number of carboxylic acid groups (broad SMARTS) is 1. The number of anilines is 1. The van der Waals surface area contributed by atoms with Gasteiger partial charge in [0.05, 0.1) is 6.34 Å². The van der Waals surface area contributed by atoms with E-state index in [4.69, 9.17) is 5.73 Å². The van der Waals surface area contributed by atoms with Crippen molar-refractivity contribution in [1.29, 1.82) is 0 Å². The number of hydrogen-bond acceptors (Lipinski definition) is 6. The van der Waals surface area contributed by atoms with Gasteiger partial charge in [0.2, 0.25) is 0 Å². The number of amides is 1. The Balaban J connectivity index is 1.31. The summed E-state index contributed by atoms with van der Waals surface area (Å²) in [6.07, 6.45) is 7.46. The number of hydrogen-bond donors (Lipinski definition) is 2. The molecule has 0 unspecified atom stereocenters. The number of piperidine rings is 1. The van der Waals surface area contributed by atoms with E-state index < -0.39 is 22.8 Å². The van der Waals surface area contributed by atoms with Crippen LogP contribution in [0.4, 0.5) is 5.95 Å². The third-order valence-corrected chi connectivity index (χ3v) is 7.45. The van der Waals surface area contributed by atoms with Crippen molar-refractivity contribution in [3.63, 3.8) is 0 Å². The molecule has 0 aromatic carbocycles. The lowest BCUT2D eigenvalue weighted by molar-refractivity contribution is -0.158. The molecule has 3 N–H and O–H groups in total. The molecule has 3 saturated heterocycles. The summed E-state index contributed by atoms with van der Waals surface area (Å²) in [5.41, 5.74) is 5.84. The number of aliphatic imine (C=N–C) groups is 1. The number of nitrogens with two attached hydrogens (primary N) is 1. The van der Waals surface area contributed by atoms with Gasteiger partial charge in [0.25, 0.3) is 5.91 Å². The Labute approximate surface area is 168 Å². The van der Waals surface area contributed by atoms with Crippen molar-refractivity contribution < 1.29 is 14.7 Å². The number of nitrogen functional groups attached to an aromatic ring is 1. The SMILES string of the molecule is CC1(C)S[C@@H]2[C@H](N=CN3CCC(Cn4ccnc4N)CC3)C(=O)N2[C@H]1C(=O)O. The number of rotatable bonds is 5. The van der Waals surface area contributed by atoms with Crippen LogP contribution < -0.4 is 5.73 Å². The van der Waals surface area contributed by atoms with Crippen molar-refractivity contribution in [2.24, 2.45) is 10.9 Å². The molecule has 9 nitrogen and oxygen atoms in total. The zero-order valence-corrected chi connectivity index (χ0v) is 16.9. The molecule has 1 amide bonds. The van der Waals surface area contributed by atoms with Crippen LogP contribution in [0.1, 0.15) is 26.7 Å². The maximum atomic E-state index is 12.5. The van der Waals surface area contributed by atoms with Gasteiger partial charge < -0.3 is 25.2 Å². The van der Waals surface area contributed by atoms with Crippen LogP contribution in [0.5, 0.6) is 0 Å². The van der Waals surface area contributed by atoms with E-state index in [0.717, 1.165) is 32.5 Å². The minimum absolute atomic E-state index is 0.179. The Kier molecular flexibility index (Phi) is 4.76. The molecule has 3 aliphatic rings. The van der Waals surface area contributed by atoms with E-state index in [2.05, 4.69) is 14.9 Å². The monoisotopic (exact) mass is 406 g/mol. The quantitative estimate of drug-likeness (QED) is 0.420. The summed E-state index contributed by atoms with van der Waals surface area (Å²) >= 11 is 1.53. The predicted molar refractivity (Wildman–Crippen MR) is 107 cm³/mol. The van der Waals surface area contributed by atoms with Crippen molar-refractivity contribution in [1.82, 2.24) is 19.4 Å². The van der Waals surface area contributed by atoms with Crippen molar-refractivity contribution in [2.45, 2.75) is 55.4 Å². The van der Waals surface area contributed by atoms with Crippen molar-refractivity contribution in [3.05, 3.63) is 12.4 Å². The number of thioether (sulfide) groups is 1. The summed E-state index contributed by atoms with van der Waals surface area (Å²) in [6, 6.07) is -1.26. The second-order valence-electron chi connectivity index (χ2n) is 8.22. The van der Waals surface area contributed by atoms with E-state index in [0.29, 0.717) is 11.9 Å². The van der Waals surface area contributed by atoms with Crippen LogP contribution >= 0.6 is 11.8 Å². The average Bonchev–Trinajstić information content (AvgIpc) is 3.15. The van der Waals surface area contributed by atoms with Crippen LogP contribution in [-0.4, -0.2) is 78.0 Å². The topological polar surface area (TPSA) is 117 Å². The summed E-state index contributed by atoms with van der Waals surface area (Å²) < 4.78 is 1.47. The number of aliphatic carboxylic acids is 1. The van der Waals surface area contributed by atoms with Gasteiger partial charge >= 0.3 is 5.97 Å². The maximum absolute atomic E-state index is 12.5. The van der Waals surface area contributed by atoms with Gasteiger partial charge in [0.1, 0.15) is 11.4 Å². The number of carboxylic acids is 1. The highest BCUT2D eigenvalue weighted by Gasteiger charge is 2.63. The largest absolute Gasteiger partial charge is 0.480 e. The zero-order valence-electron chi connectivity index (χ0n) is 16.1. The third kappa shape index (κ3) is 3.23. The number of likely N-dealkylation sites (tertiary alicyclic amines) is 1. The second kappa shape index (κ2) is 6.98. The van der Waals surface area contributed by atoms with E-state index in [1.165, 1.54) is 16.7 Å². The normalized spacial score (nSPS) is 29.9. The van der Waals surface area contributed by atoms with Gasteiger partial charge in [-0.25, -0.2) is 9.78 Å². The van der Waals surface area contributed by atoms with Gasteiger partial charge in [-0.2, -0.15) is 0 Å². The van der Waals surface area contributed by atoms with Crippen LogP contribution in [0.2, 0.25) is 0 Å². The summed E-state index contributed by atoms with van der Waals surface area (Å²) in [6.45, 7) is 6.39. The lowest BCUT2D eigenvalue weighted by Crippen LogP contribution is -2.65. The number of nitrogens with zero attached hydrogens (tertiary/aromatic N) is 5. The molecule has 3 atom stereocenters. The van der Waals surface area contributed by atoms with Crippen LogP contribution in [0.25, 0.3) is 0 Å². The summed E-state index contributed by atoms with van der Waals surface area (Å²) in [4.78, 5) is 36.2. The zero-order chi connectivity index (χ0) is 20.1. The van der Waals surface area contributed by atoms with E-state index in [1.807, 2.05) is 24.6 Å². The number of carbonyl (C=O) groups is 2. The lowest BCUT2D eigenvalue weighted by atomic mass is 9.96. The Morgan fingerprint density at radius 2 is 2.18 bits per heavy atom. The molecule has 3 fully saturated rings. The first kappa shape index (κ1) is 19.1. The predicted octanol–water partition coefficient (Wildman–Crippen LogP) is 0.721. The number of imidazole rings is 1. The minimum atomic E-state index is -0.948. The molecular formula is C18H26N6O3S. The first-order valence-electron chi connectivity index (χ1n) is 9.54. The van der Waals surface area contributed by atoms with Gasteiger partial charge in [-0.1, -0.05) is 0 Å². The van der Waals surface area contributed by atoms with Gasteiger partial charge in [-0.15, -0.1) is 11.8 Å². The average molecular weight is 407 g/mol. The molecule has 0 aliphatic carbocycles. The molecule has 152 valence electrons. The highest BCUT2D eigenvalue weighted by atomic mass is 32.2. The summed E-state index contributed by atoms with van der Waals surface area (Å²) in [5, 5.41) is 9.30. The van der Waals surface area contributed by atoms with Crippen LogP contribution in [0, 0.1) is 5.92 Å². The van der Waals surface area contributed by atoms with E-state index in [-0.39, 0.29) is 11.3 Å². The molecule has 4 rings (SSSR count). The number of fused-ring (bicyclic) bond motifs is 1. The molecule has 3 aliphatic heterocycles. The Morgan fingerprint density at radius 1 is 1.46 bits per heavy atom. The Morgan fingerprint density at radius 3 is 2.79 bits per heavy atom. The third-order valence-electron chi connectivity index (χ3n) is 5.89. The molecule has 0 spiro atoms. The highest BCUT2D eigenvalue weighted by molar-refractivity contribution is 8.01. The minimum Gasteiger partial charge on any atom is -0.480 e. The molecule has 10 heteroatoms. The van der Waals surface area contributed by atoms with E-state index in [1.54, 1.807) is 12.5 Å². The lowest BCUT2D eigenvalue weighted by Gasteiger charge is -2.41. The molecule has 28 heavy (non-hydrogen) atoms. The number of carbonyl (C=O) groups excluding carboxylic acids is 1. The van der Waals surface area contributed by atoms with Crippen LogP contribution in [0.3, 0.4) is 0 Å². The summed E-state index contributed by atoms with van der Waals surface area (Å²) in [7, 11) is 0. The maximum Gasteiger partial charge on any atom is 0.327 e. The van der Waals surface area contributed by atoms with Crippen LogP contribution in [-0.2, 0) is 16.1 Å². The first-order chi connectivity index (χ1) is 13.3. The Bertz CT molecular complexity index is 801. The van der Waals surface area contributed by atoms with E-state index in [9.17, 15) is 14.7 Å². The van der Waals surface area contributed by atoms with Gasteiger partial charge in [-0.05, 0) is 32.6 Å².